The third kappa shape index (κ3) is 5.03. The van der Waals surface area contributed by atoms with Gasteiger partial charge in [0.25, 0.3) is 5.95 Å². The zero-order valence-electron chi connectivity index (χ0n) is 14.3. The molecule has 0 amide bonds. The molecule has 0 spiro atoms. The molecule has 1 aromatic heterocycles. The van der Waals surface area contributed by atoms with Crippen LogP contribution in [0.1, 0.15) is 18.1 Å². The maximum absolute atomic E-state index is 6.21. The standard InChI is InChI=1S/C17H16BrCl2N5O2/c1-2-26-15-6-10(8-21-17-22-24-25-23-17)12(18)7-16(15)27-9-11-13(19)4-3-5-14(11)20/h3-7H,2,8-9H2,1H3,(H2,21,22,23,24,25). The van der Waals surface area contributed by atoms with Crippen molar-refractivity contribution in [1.29, 1.82) is 0 Å². The van der Waals surface area contributed by atoms with Crippen LogP contribution in [0.2, 0.25) is 10.0 Å². The number of hydrogen-bond donors (Lipinski definition) is 2. The minimum absolute atomic E-state index is 0.228. The number of aromatic nitrogens is 4. The van der Waals surface area contributed by atoms with Crippen LogP contribution in [-0.4, -0.2) is 27.2 Å². The van der Waals surface area contributed by atoms with E-state index in [-0.39, 0.29) is 6.61 Å². The Morgan fingerprint density at radius 1 is 1.15 bits per heavy atom. The van der Waals surface area contributed by atoms with Crippen LogP contribution in [0.15, 0.2) is 34.8 Å². The van der Waals surface area contributed by atoms with Gasteiger partial charge in [-0.15, -0.1) is 5.10 Å². The Hall–Kier alpha value is -2.03. The molecule has 0 bridgehead atoms. The fraction of sp³-hybridized carbons (Fsp3) is 0.235. The number of nitrogens with zero attached hydrogens (tertiary/aromatic N) is 3. The molecule has 27 heavy (non-hydrogen) atoms. The lowest BCUT2D eigenvalue weighted by Gasteiger charge is -2.16. The molecule has 0 radical (unpaired) electrons. The van der Waals surface area contributed by atoms with E-state index in [4.69, 9.17) is 32.7 Å². The van der Waals surface area contributed by atoms with Crippen molar-refractivity contribution in [2.24, 2.45) is 0 Å². The average Bonchev–Trinajstić information content (AvgIpc) is 3.16. The van der Waals surface area contributed by atoms with Crippen molar-refractivity contribution in [2.45, 2.75) is 20.1 Å². The number of ether oxygens (including phenoxy) is 2. The van der Waals surface area contributed by atoms with Gasteiger partial charge in [0.15, 0.2) is 11.5 Å². The molecule has 3 rings (SSSR count). The zero-order chi connectivity index (χ0) is 19.2. The number of hydrogen-bond acceptors (Lipinski definition) is 6. The van der Waals surface area contributed by atoms with Gasteiger partial charge in [0, 0.05) is 26.6 Å². The molecule has 0 unspecified atom stereocenters. The van der Waals surface area contributed by atoms with Crippen molar-refractivity contribution in [1.82, 2.24) is 20.6 Å². The number of tetrazole rings is 1. The van der Waals surface area contributed by atoms with Gasteiger partial charge in [-0.1, -0.05) is 50.3 Å². The highest BCUT2D eigenvalue weighted by atomic mass is 79.9. The fourth-order valence-electron chi connectivity index (χ4n) is 2.32. The van der Waals surface area contributed by atoms with E-state index in [1.54, 1.807) is 18.2 Å². The summed E-state index contributed by atoms with van der Waals surface area (Å²) in [5.74, 6) is 1.62. The monoisotopic (exact) mass is 471 g/mol. The molecule has 142 valence electrons. The molecule has 0 saturated carbocycles. The summed E-state index contributed by atoms with van der Waals surface area (Å²) >= 11 is 16.0. The molecule has 0 aliphatic carbocycles. The van der Waals surface area contributed by atoms with Crippen molar-refractivity contribution < 1.29 is 9.47 Å². The minimum atomic E-state index is 0.228. The van der Waals surface area contributed by atoms with Crippen molar-refractivity contribution >= 4 is 45.1 Å². The Balaban J connectivity index is 1.78. The van der Waals surface area contributed by atoms with Gasteiger partial charge in [-0.25, -0.2) is 0 Å². The lowest BCUT2D eigenvalue weighted by atomic mass is 10.2. The van der Waals surface area contributed by atoms with E-state index in [2.05, 4.69) is 41.9 Å². The molecule has 10 heteroatoms. The fourth-order valence-corrected chi connectivity index (χ4v) is 3.29. The highest BCUT2D eigenvalue weighted by molar-refractivity contribution is 9.10. The summed E-state index contributed by atoms with van der Waals surface area (Å²) in [4.78, 5) is 0. The lowest BCUT2D eigenvalue weighted by molar-refractivity contribution is 0.269. The predicted octanol–water partition coefficient (Wildman–Crippen LogP) is 4.86. The normalized spacial score (nSPS) is 10.7. The van der Waals surface area contributed by atoms with Crippen molar-refractivity contribution in [3.63, 3.8) is 0 Å². The van der Waals surface area contributed by atoms with E-state index in [0.29, 0.717) is 40.6 Å². The highest BCUT2D eigenvalue weighted by Gasteiger charge is 2.13. The molecule has 1 heterocycles. The van der Waals surface area contributed by atoms with E-state index < -0.39 is 0 Å². The summed E-state index contributed by atoms with van der Waals surface area (Å²) in [5, 5.41) is 17.8. The van der Waals surface area contributed by atoms with Crippen LogP contribution in [0.5, 0.6) is 11.5 Å². The van der Waals surface area contributed by atoms with Gasteiger partial charge in [-0.05, 0) is 42.0 Å². The van der Waals surface area contributed by atoms with Crippen LogP contribution in [0.4, 0.5) is 5.95 Å². The van der Waals surface area contributed by atoms with E-state index in [1.807, 2.05) is 19.1 Å². The van der Waals surface area contributed by atoms with Crippen LogP contribution in [0, 0.1) is 0 Å². The van der Waals surface area contributed by atoms with Crippen LogP contribution in [0.25, 0.3) is 0 Å². The molecular formula is C17H16BrCl2N5O2. The van der Waals surface area contributed by atoms with Gasteiger partial charge in [-0.3, -0.25) is 0 Å². The first kappa shape index (κ1) is 19.7. The molecule has 3 aromatic rings. The van der Waals surface area contributed by atoms with Gasteiger partial charge in [0.05, 0.1) is 6.61 Å². The topological polar surface area (TPSA) is 85.0 Å². The molecule has 0 saturated heterocycles. The largest absolute Gasteiger partial charge is 0.490 e. The number of rotatable bonds is 8. The Morgan fingerprint density at radius 2 is 1.89 bits per heavy atom. The number of aromatic amines is 1. The quantitative estimate of drug-likeness (QED) is 0.487. The summed E-state index contributed by atoms with van der Waals surface area (Å²) in [6.45, 7) is 3.12. The number of benzene rings is 2. The Bertz CT molecular complexity index is 888. The Morgan fingerprint density at radius 3 is 2.56 bits per heavy atom. The molecule has 7 nitrogen and oxygen atoms in total. The summed E-state index contributed by atoms with van der Waals surface area (Å²) < 4.78 is 12.5. The maximum Gasteiger partial charge on any atom is 0.263 e. The van der Waals surface area contributed by atoms with Crippen LogP contribution in [-0.2, 0) is 13.2 Å². The molecule has 2 N–H and O–H groups in total. The Kier molecular flexibility index (Phi) is 6.76. The maximum atomic E-state index is 6.21. The highest BCUT2D eigenvalue weighted by Crippen LogP contribution is 2.35. The van der Waals surface area contributed by atoms with Gasteiger partial charge >= 0.3 is 0 Å². The zero-order valence-corrected chi connectivity index (χ0v) is 17.4. The van der Waals surface area contributed by atoms with Gasteiger partial charge in [-0.2, -0.15) is 5.21 Å². The molecule has 0 atom stereocenters. The van der Waals surface area contributed by atoms with Crippen molar-refractivity contribution in [2.75, 3.05) is 11.9 Å². The average molecular weight is 473 g/mol. The molecule has 0 aliphatic heterocycles. The third-order valence-corrected chi connectivity index (χ3v) is 5.08. The smallest absolute Gasteiger partial charge is 0.263 e. The summed E-state index contributed by atoms with van der Waals surface area (Å²) in [6, 6.07) is 9.09. The minimum Gasteiger partial charge on any atom is -0.490 e. The van der Waals surface area contributed by atoms with Gasteiger partial charge in [0.2, 0.25) is 0 Å². The van der Waals surface area contributed by atoms with Gasteiger partial charge in [0.1, 0.15) is 6.61 Å². The lowest BCUT2D eigenvalue weighted by Crippen LogP contribution is -2.05. The van der Waals surface area contributed by atoms with Crippen LogP contribution in [0.3, 0.4) is 0 Å². The number of anilines is 1. The summed E-state index contributed by atoms with van der Waals surface area (Å²) in [5.41, 5.74) is 1.67. The van der Waals surface area contributed by atoms with Crippen LogP contribution >= 0.6 is 39.1 Å². The molecule has 0 fully saturated rings. The van der Waals surface area contributed by atoms with E-state index >= 15 is 0 Å². The van der Waals surface area contributed by atoms with Crippen molar-refractivity contribution in [3.05, 3.63) is 56.0 Å². The molecule has 0 aliphatic rings. The first-order chi connectivity index (χ1) is 13.1. The van der Waals surface area contributed by atoms with Crippen molar-refractivity contribution in [3.8, 4) is 11.5 Å². The second-order valence-electron chi connectivity index (χ2n) is 5.40. The second-order valence-corrected chi connectivity index (χ2v) is 7.07. The SMILES string of the molecule is CCOc1cc(CNc2nn[nH]n2)c(Br)cc1OCc1c(Cl)cccc1Cl. The first-order valence-corrected chi connectivity index (χ1v) is 9.61. The van der Waals surface area contributed by atoms with E-state index in [0.717, 1.165) is 15.6 Å². The van der Waals surface area contributed by atoms with Gasteiger partial charge < -0.3 is 14.8 Å². The Labute approximate surface area is 174 Å². The van der Waals surface area contributed by atoms with E-state index in [9.17, 15) is 0 Å². The molecule has 2 aromatic carbocycles. The molecular weight excluding hydrogens is 457 g/mol. The second kappa shape index (κ2) is 9.25. The number of nitrogens with one attached hydrogen (secondary N) is 2. The van der Waals surface area contributed by atoms with Crippen LogP contribution < -0.4 is 14.8 Å². The number of halogens is 3. The van der Waals surface area contributed by atoms with E-state index in [1.165, 1.54) is 0 Å². The first-order valence-electron chi connectivity index (χ1n) is 8.06. The third-order valence-electron chi connectivity index (χ3n) is 3.63. The number of H-pyrrole nitrogens is 1. The summed E-state index contributed by atoms with van der Waals surface area (Å²) in [7, 11) is 0. The predicted molar refractivity (Wildman–Crippen MR) is 108 cm³/mol. The summed E-state index contributed by atoms with van der Waals surface area (Å²) in [6.07, 6.45) is 0.